The zero-order valence-electron chi connectivity index (χ0n) is 17.1. The number of rotatable bonds is 6. The lowest BCUT2D eigenvalue weighted by atomic mass is 10.1. The Hall–Kier alpha value is -3.75. The van der Waals surface area contributed by atoms with Crippen molar-refractivity contribution in [2.24, 2.45) is 0 Å². The van der Waals surface area contributed by atoms with Gasteiger partial charge in [0.1, 0.15) is 11.6 Å². The number of carbonyl (C=O) groups is 1. The highest BCUT2D eigenvalue weighted by Gasteiger charge is 2.28. The van der Waals surface area contributed by atoms with E-state index in [0.717, 1.165) is 10.5 Å². The van der Waals surface area contributed by atoms with E-state index in [-0.39, 0.29) is 40.2 Å². The smallest absolute Gasteiger partial charge is 0.330 e. The molecular formula is C23H18Cl2N4O4. The minimum absolute atomic E-state index is 0.0289. The molecule has 0 radical (unpaired) electrons. The second kappa shape index (κ2) is 9.40. The second-order valence-electron chi connectivity index (χ2n) is 7.14. The first-order chi connectivity index (χ1) is 15.9. The number of halogens is 2. The van der Waals surface area contributed by atoms with E-state index in [1.807, 2.05) is 30.3 Å². The predicted molar refractivity (Wildman–Crippen MR) is 127 cm³/mol. The van der Waals surface area contributed by atoms with Gasteiger partial charge in [0.05, 0.1) is 35.0 Å². The van der Waals surface area contributed by atoms with Gasteiger partial charge in [0.15, 0.2) is 5.69 Å². The molecular weight excluding hydrogens is 467 g/mol. The normalized spacial score (nSPS) is 10.8. The Morgan fingerprint density at radius 1 is 1.03 bits per heavy atom. The van der Waals surface area contributed by atoms with E-state index >= 15 is 0 Å². The first kappa shape index (κ1) is 22.4. The van der Waals surface area contributed by atoms with Crippen LogP contribution in [0.1, 0.15) is 21.7 Å². The van der Waals surface area contributed by atoms with Gasteiger partial charge in [-0.05, 0) is 29.8 Å². The van der Waals surface area contributed by atoms with Gasteiger partial charge in [-0.2, -0.15) is 0 Å². The quantitative estimate of drug-likeness (QED) is 0.430. The van der Waals surface area contributed by atoms with Gasteiger partial charge in [0.2, 0.25) is 0 Å². The number of hydrogen-bond donors (Lipinski definition) is 2. The van der Waals surface area contributed by atoms with E-state index in [1.165, 1.54) is 16.9 Å². The van der Waals surface area contributed by atoms with Gasteiger partial charge in [-0.1, -0.05) is 59.6 Å². The van der Waals surface area contributed by atoms with Crippen molar-refractivity contribution in [2.45, 2.75) is 13.1 Å². The maximum atomic E-state index is 13.5. The summed E-state index contributed by atoms with van der Waals surface area (Å²) in [6, 6.07) is 17.0. The minimum atomic E-state index is -0.820. The number of nitrogens with zero attached hydrogens (tertiary/aromatic N) is 2. The van der Waals surface area contributed by atoms with Crippen molar-refractivity contribution in [1.29, 1.82) is 0 Å². The number of carbonyl (C=O) groups excluding carboxylic acids is 1. The SMILES string of the molecule is Nc1c(N(Cc2ccco2)C(=O)c2cccc(Cl)c2Cl)c(=O)[nH]c(=O)n1Cc1ccccc1. The standard InChI is InChI=1S/C23H18Cl2N4O4/c24-17-10-4-9-16(18(17)25)22(31)28(13-15-8-5-11-33-15)19-20(26)29(23(32)27-21(19)30)12-14-6-2-1-3-7-14/h1-11H,12-13,26H2,(H,27,30,32). The number of aromatic nitrogens is 2. The lowest BCUT2D eigenvalue weighted by molar-refractivity contribution is 0.0983. The summed E-state index contributed by atoms with van der Waals surface area (Å²) in [6.07, 6.45) is 1.44. The van der Waals surface area contributed by atoms with Crippen molar-refractivity contribution in [3.8, 4) is 0 Å². The van der Waals surface area contributed by atoms with E-state index in [4.69, 9.17) is 33.4 Å². The van der Waals surface area contributed by atoms with Gasteiger partial charge >= 0.3 is 5.69 Å². The Labute approximate surface area is 197 Å². The maximum absolute atomic E-state index is 13.5. The third-order valence-corrected chi connectivity index (χ3v) is 5.81. The zero-order valence-corrected chi connectivity index (χ0v) is 18.6. The molecule has 2 aromatic heterocycles. The van der Waals surface area contributed by atoms with Crippen LogP contribution in [0.2, 0.25) is 10.0 Å². The first-order valence-corrected chi connectivity index (χ1v) is 10.6. The van der Waals surface area contributed by atoms with Gasteiger partial charge in [-0.15, -0.1) is 0 Å². The molecule has 0 bridgehead atoms. The van der Waals surface area contributed by atoms with Crippen molar-refractivity contribution in [2.75, 3.05) is 10.6 Å². The molecule has 33 heavy (non-hydrogen) atoms. The summed E-state index contributed by atoms with van der Waals surface area (Å²) in [6.45, 7) is -0.0402. The second-order valence-corrected chi connectivity index (χ2v) is 7.92. The lowest BCUT2D eigenvalue weighted by Gasteiger charge is -2.24. The summed E-state index contributed by atoms with van der Waals surface area (Å²) in [5.41, 5.74) is 5.43. The molecule has 8 nitrogen and oxygen atoms in total. The molecule has 4 rings (SSSR count). The van der Waals surface area contributed by atoms with Crippen LogP contribution in [-0.4, -0.2) is 15.5 Å². The molecule has 1 amide bonds. The van der Waals surface area contributed by atoms with Crippen molar-refractivity contribution in [3.63, 3.8) is 0 Å². The van der Waals surface area contributed by atoms with Gasteiger partial charge in [0, 0.05) is 0 Å². The molecule has 10 heteroatoms. The number of aromatic amines is 1. The number of H-pyrrole nitrogens is 1. The van der Waals surface area contributed by atoms with Crippen LogP contribution in [0.3, 0.4) is 0 Å². The van der Waals surface area contributed by atoms with E-state index < -0.39 is 17.2 Å². The number of benzene rings is 2. The average molecular weight is 485 g/mol. The number of furan rings is 1. The van der Waals surface area contributed by atoms with Gasteiger partial charge < -0.3 is 10.2 Å². The zero-order chi connectivity index (χ0) is 23.5. The van der Waals surface area contributed by atoms with E-state index in [2.05, 4.69) is 4.98 Å². The van der Waals surface area contributed by atoms with Crippen LogP contribution < -0.4 is 21.9 Å². The van der Waals surface area contributed by atoms with Crippen molar-refractivity contribution in [3.05, 3.63) is 115 Å². The first-order valence-electron chi connectivity index (χ1n) is 9.81. The largest absolute Gasteiger partial charge is 0.467 e. The predicted octanol–water partition coefficient (Wildman–Crippen LogP) is 3.91. The van der Waals surface area contributed by atoms with Crippen molar-refractivity contribution < 1.29 is 9.21 Å². The molecule has 0 atom stereocenters. The van der Waals surface area contributed by atoms with E-state index in [9.17, 15) is 14.4 Å². The number of anilines is 2. The highest BCUT2D eigenvalue weighted by Crippen LogP contribution is 2.29. The molecule has 0 aliphatic carbocycles. The van der Waals surface area contributed by atoms with Crippen LogP contribution in [0.25, 0.3) is 0 Å². The fraction of sp³-hybridized carbons (Fsp3) is 0.0870. The fourth-order valence-electron chi connectivity index (χ4n) is 3.39. The van der Waals surface area contributed by atoms with Crippen LogP contribution >= 0.6 is 23.2 Å². The third-order valence-electron chi connectivity index (χ3n) is 4.99. The Morgan fingerprint density at radius 2 is 1.79 bits per heavy atom. The molecule has 0 fully saturated rings. The average Bonchev–Trinajstić information content (AvgIpc) is 3.31. The topological polar surface area (TPSA) is 114 Å². The Balaban J connectivity index is 1.87. The van der Waals surface area contributed by atoms with Crippen LogP contribution in [0, 0.1) is 0 Å². The summed E-state index contributed by atoms with van der Waals surface area (Å²) in [5, 5.41) is 0.206. The van der Waals surface area contributed by atoms with Gasteiger partial charge in [-0.3, -0.25) is 24.0 Å². The molecule has 0 unspecified atom stereocenters. The Bertz CT molecular complexity index is 1410. The Kier molecular flexibility index (Phi) is 6.39. The number of hydrogen-bond acceptors (Lipinski definition) is 5. The highest BCUT2D eigenvalue weighted by atomic mass is 35.5. The van der Waals surface area contributed by atoms with E-state index in [0.29, 0.717) is 5.76 Å². The highest BCUT2D eigenvalue weighted by molar-refractivity contribution is 6.44. The molecule has 0 spiro atoms. The third kappa shape index (κ3) is 4.57. The number of nitrogen functional groups attached to an aromatic ring is 1. The summed E-state index contributed by atoms with van der Waals surface area (Å²) in [5.74, 6) is -0.423. The molecule has 2 heterocycles. The molecule has 0 aliphatic rings. The van der Waals surface area contributed by atoms with Gasteiger partial charge in [0.25, 0.3) is 11.5 Å². The van der Waals surface area contributed by atoms with Crippen molar-refractivity contribution >= 4 is 40.6 Å². The molecule has 4 aromatic rings. The summed E-state index contributed by atoms with van der Waals surface area (Å²) in [4.78, 5) is 42.4. The molecule has 3 N–H and O–H groups in total. The summed E-state index contributed by atoms with van der Waals surface area (Å²) < 4.78 is 6.57. The van der Waals surface area contributed by atoms with Crippen LogP contribution in [0.5, 0.6) is 0 Å². The summed E-state index contributed by atoms with van der Waals surface area (Å²) >= 11 is 12.4. The van der Waals surface area contributed by atoms with Gasteiger partial charge in [-0.25, -0.2) is 4.79 Å². The lowest BCUT2D eigenvalue weighted by Crippen LogP contribution is -2.41. The van der Waals surface area contributed by atoms with Crippen LogP contribution in [0.15, 0.2) is 80.9 Å². The Morgan fingerprint density at radius 3 is 2.48 bits per heavy atom. The fourth-order valence-corrected chi connectivity index (χ4v) is 3.77. The molecule has 0 saturated carbocycles. The number of amides is 1. The summed E-state index contributed by atoms with van der Waals surface area (Å²) in [7, 11) is 0. The molecule has 0 aliphatic heterocycles. The number of nitrogens with one attached hydrogen (secondary N) is 1. The van der Waals surface area contributed by atoms with E-state index in [1.54, 1.807) is 24.3 Å². The van der Waals surface area contributed by atoms with Crippen LogP contribution in [0.4, 0.5) is 11.5 Å². The number of nitrogens with two attached hydrogens (primary N) is 1. The molecule has 2 aromatic carbocycles. The monoisotopic (exact) mass is 484 g/mol. The van der Waals surface area contributed by atoms with Crippen molar-refractivity contribution in [1.82, 2.24) is 9.55 Å². The van der Waals surface area contributed by atoms with Crippen LogP contribution in [-0.2, 0) is 13.1 Å². The molecule has 168 valence electrons. The maximum Gasteiger partial charge on any atom is 0.330 e. The minimum Gasteiger partial charge on any atom is -0.467 e. The molecule has 0 saturated heterocycles.